The van der Waals surface area contributed by atoms with Crippen molar-refractivity contribution >= 4 is 58.0 Å². The largest absolute Gasteiger partial charge is 0.465 e. The fourth-order valence-electron chi connectivity index (χ4n) is 9.73. The van der Waals surface area contributed by atoms with Crippen LogP contribution >= 0.6 is 24.0 Å². The molecule has 0 heterocycles. The monoisotopic (exact) mass is 866 g/mol. The normalized spacial score (nSPS) is 24.5. The number of nitrogens with zero attached hydrogens (tertiary/aromatic N) is 2. The Bertz CT molecular complexity index is 1560. The van der Waals surface area contributed by atoms with Crippen LogP contribution in [0.5, 0.6) is 0 Å². The van der Waals surface area contributed by atoms with Crippen LogP contribution in [0.2, 0.25) is 0 Å². The van der Waals surface area contributed by atoms with Gasteiger partial charge in [-0.25, -0.2) is 0 Å². The topological polar surface area (TPSA) is 149 Å². The van der Waals surface area contributed by atoms with Crippen molar-refractivity contribution in [3.8, 4) is 6.07 Å². The van der Waals surface area contributed by atoms with Crippen LogP contribution in [0, 0.1) is 46.8 Å². The van der Waals surface area contributed by atoms with Gasteiger partial charge in [0.1, 0.15) is 18.0 Å². The Balaban J connectivity index is 1.03. The smallest absolute Gasteiger partial charge is 0.306 e. The van der Waals surface area contributed by atoms with E-state index in [2.05, 4.69) is 6.07 Å². The molecule has 1 aromatic rings. The SMILES string of the molecule is CC(C#N)(CCC(=O)N(CCOC(=O)CCC(=O)OCC1CCC2CCCCC2C1)CCOC(=O)CCC(=O)OCC1CCC2CCCCC2C1)SC(=S)c1ccccc1. The number of ether oxygens (including phenoxy) is 4. The first-order valence-corrected chi connectivity index (χ1v) is 23.8. The van der Waals surface area contributed by atoms with Crippen LogP contribution in [-0.4, -0.2) is 83.1 Å². The lowest BCUT2D eigenvalue weighted by atomic mass is 9.68. The molecular formula is C47H66N2O9S2. The van der Waals surface area contributed by atoms with E-state index >= 15 is 0 Å². The van der Waals surface area contributed by atoms with Crippen LogP contribution in [0.1, 0.15) is 141 Å². The summed E-state index contributed by atoms with van der Waals surface area (Å²) in [4.78, 5) is 65.2. The van der Waals surface area contributed by atoms with E-state index in [9.17, 15) is 29.2 Å². The summed E-state index contributed by atoms with van der Waals surface area (Å²) in [6.45, 7) is 2.31. The molecule has 0 spiro atoms. The van der Waals surface area contributed by atoms with Crippen LogP contribution in [0.15, 0.2) is 30.3 Å². The summed E-state index contributed by atoms with van der Waals surface area (Å²) in [5.74, 6) is 1.58. The second-order valence-corrected chi connectivity index (χ2v) is 19.9. The third-order valence-corrected chi connectivity index (χ3v) is 15.0. The van der Waals surface area contributed by atoms with Gasteiger partial charge in [-0.15, -0.1) is 0 Å². The molecule has 13 heteroatoms. The van der Waals surface area contributed by atoms with Crippen LogP contribution in [-0.2, 0) is 42.9 Å². The highest BCUT2D eigenvalue weighted by Gasteiger charge is 2.34. The predicted octanol–water partition coefficient (Wildman–Crippen LogP) is 8.93. The maximum atomic E-state index is 13.6. The summed E-state index contributed by atoms with van der Waals surface area (Å²) < 4.78 is 21.5. The van der Waals surface area contributed by atoms with Gasteiger partial charge in [-0.2, -0.15) is 5.26 Å². The minimum atomic E-state index is -0.985. The molecule has 330 valence electrons. The summed E-state index contributed by atoms with van der Waals surface area (Å²) in [7, 11) is 0. The molecule has 0 bridgehead atoms. The fourth-order valence-corrected chi connectivity index (χ4v) is 11.3. The third-order valence-electron chi connectivity index (χ3n) is 13.3. The number of nitriles is 1. The molecule has 4 saturated carbocycles. The van der Waals surface area contributed by atoms with Gasteiger partial charge in [0, 0.05) is 6.42 Å². The zero-order chi connectivity index (χ0) is 42.7. The van der Waals surface area contributed by atoms with Crippen LogP contribution < -0.4 is 0 Å². The van der Waals surface area contributed by atoms with Gasteiger partial charge in [-0.3, -0.25) is 24.0 Å². The van der Waals surface area contributed by atoms with Gasteiger partial charge in [0.05, 0.1) is 62.3 Å². The highest BCUT2D eigenvalue weighted by molar-refractivity contribution is 8.24. The van der Waals surface area contributed by atoms with E-state index in [0.29, 0.717) is 29.2 Å². The maximum Gasteiger partial charge on any atom is 0.306 e. The fraction of sp³-hybridized carbons (Fsp3) is 0.723. The van der Waals surface area contributed by atoms with Crippen molar-refractivity contribution in [3.63, 3.8) is 0 Å². The number of thiocarbonyl (C=S) groups is 1. The lowest BCUT2D eigenvalue weighted by Crippen LogP contribution is -2.38. The van der Waals surface area contributed by atoms with Crippen molar-refractivity contribution in [1.29, 1.82) is 5.26 Å². The molecule has 4 aliphatic carbocycles. The second kappa shape index (κ2) is 24.8. The van der Waals surface area contributed by atoms with Gasteiger partial charge in [-0.1, -0.05) is 106 Å². The summed E-state index contributed by atoms with van der Waals surface area (Å²) in [6.07, 6.45) is 17.0. The molecule has 4 fully saturated rings. The molecule has 7 unspecified atom stereocenters. The Hall–Kier alpha value is -3.50. The highest BCUT2D eigenvalue weighted by atomic mass is 32.2. The minimum absolute atomic E-state index is 0.00116. The molecule has 0 N–H and O–H groups in total. The molecule has 11 nitrogen and oxygen atoms in total. The molecule has 0 saturated heterocycles. The third kappa shape index (κ3) is 16.1. The maximum absolute atomic E-state index is 13.6. The Morgan fingerprint density at radius 3 is 1.58 bits per heavy atom. The molecule has 5 rings (SSSR count). The lowest BCUT2D eigenvalue weighted by molar-refractivity contribution is -0.153. The summed E-state index contributed by atoms with van der Waals surface area (Å²) in [6, 6.07) is 11.7. The van der Waals surface area contributed by atoms with Crippen molar-refractivity contribution < 1.29 is 42.9 Å². The van der Waals surface area contributed by atoms with Crippen LogP contribution in [0.4, 0.5) is 0 Å². The van der Waals surface area contributed by atoms with Crippen molar-refractivity contribution in [1.82, 2.24) is 4.90 Å². The number of benzene rings is 1. The number of hydrogen-bond acceptors (Lipinski definition) is 12. The molecule has 60 heavy (non-hydrogen) atoms. The number of amides is 1. The summed E-state index contributed by atoms with van der Waals surface area (Å²) in [5.41, 5.74) is 0.820. The predicted molar refractivity (Wildman–Crippen MR) is 233 cm³/mol. The van der Waals surface area contributed by atoms with Gasteiger partial charge in [0.25, 0.3) is 0 Å². The van der Waals surface area contributed by atoms with Gasteiger partial charge in [0.2, 0.25) is 5.91 Å². The molecule has 4 aliphatic rings. The van der Waals surface area contributed by atoms with Gasteiger partial charge >= 0.3 is 23.9 Å². The summed E-state index contributed by atoms with van der Waals surface area (Å²) in [5, 5.41) is 10.1. The van der Waals surface area contributed by atoms with Gasteiger partial charge < -0.3 is 23.8 Å². The zero-order valence-corrected chi connectivity index (χ0v) is 37.3. The molecule has 7 atom stereocenters. The minimum Gasteiger partial charge on any atom is -0.465 e. The van der Waals surface area contributed by atoms with Crippen LogP contribution in [0.25, 0.3) is 0 Å². The van der Waals surface area contributed by atoms with E-state index in [1.54, 1.807) is 6.92 Å². The Morgan fingerprint density at radius 1 is 0.667 bits per heavy atom. The molecule has 1 aromatic carbocycles. The number of carbonyl (C=O) groups is 5. The number of rotatable bonds is 21. The number of fused-ring (bicyclic) bond motifs is 2. The van der Waals surface area contributed by atoms with E-state index in [-0.39, 0.29) is 70.7 Å². The second-order valence-electron chi connectivity index (χ2n) is 17.8. The Kier molecular flexibility index (Phi) is 19.7. The Labute approximate surface area is 366 Å². The van der Waals surface area contributed by atoms with E-state index < -0.39 is 28.6 Å². The van der Waals surface area contributed by atoms with Crippen molar-refractivity contribution in [2.45, 2.75) is 140 Å². The first kappa shape index (κ1) is 47.5. The number of carbonyl (C=O) groups excluding carboxylic acids is 5. The quantitative estimate of drug-likeness (QED) is 0.0660. The van der Waals surface area contributed by atoms with Gasteiger partial charge in [0.15, 0.2) is 0 Å². The standard InChI is InChI=1S/C47H66N2O9S2/c1-47(33-48,60-46(59)38-11-3-2-4-12-38)24-23-41(50)49(25-27-55-42(51)19-21-44(53)57-31-34-15-17-36-9-5-7-13-39(36)29-34)26-28-56-43(52)20-22-45(54)58-32-35-16-18-37-10-6-8-14-40(37)30-35/h2-4,11-12,34-37,39-40H,5-10,13-32H2,1H3. The lowest BCUT2D eigenvalue weighted by Gasteiger charge is -2.39. The molecule has 0 aromatic heterocycles. The van der Waals surface area contributed by atoms with Crippen molar-refractivity contribution in [3.05, 3.63) is 35.9 Å². The first-order valence-electron chi connectivity index (χ1n) is 22.6. The van der Waals surface area contributed by atoms with Crippen molar-refractivity contribution in [2.75, 3.05) is 39.5 Å². The van der Waals surface area contributed by atoms with E-state index in [1.807, 2.05) is 30.3 Å². The molecular weight excluding hydrogens is 801 g/mol. The average Bonchev–Trinajstić information content (AvgIpc) is 3.27. The molecule has 0 radical (unpaired) electrons. The van der Waals surface area contributed by atoms with E-state index in [0.717, 1.165) is 54.9 Å². The zero-order valence-electron chi connectivity index (χ0n) is 35.6. The molecule has 0 aliphatic heterocycles. The number of thioether (sulfide) groups is 1. The number of esters is 4. The highest BCUT2D eigenvalue weighted by Crippen LogP contribution is 2.44. The Morgan fingerprint density at radius 2 is 1.12 bits per heavy atom. The molecule has 1 amide bonds. The first-order chi connectivity index (χ1) is 29.0. The van der Waals surface area contributed by atoms with Gasteiger partial charge in [-0.05, 0) is 92.9 Å². The van der Waals surface area contributed by atoms with Crippen molar-refractivity contribution in [2.24, 2.45) is 35.5 Å². The summed E-state index contributed by atoms with van der Waals surface area (Å²) >= 11 is 6.82. The van der Waals surface area contributed by atoms with E-state index in [4.69, 9.17) is 31.2 Å². The van der Waals surface area contributed by atoms with E-state index in [1.165, 1.54) is 80.9 Å². The number of hydrogen-bond donors (Lipinski definition) is 0. The average molecular weight is 867 g/mol. The van der Waals surface area contributed by atoms with Crippen LogP contribution in [0.3, 0.4) is 0 Å².